The Bertz CT molecular complexity index is 351. The molecule has 0 spiro atoms. The Morgan fingerprint density at radius 2 is 2.06 bits per heavy atom. The molecule has 0 aliphatic heterocycles. The van der Waals surface area contributed by atoms with Crippen LogP contribution < -0.4 is 5.32 Å². The third kappa shape index (κ3) is 4.48. The molecule has 1 atom stereocenters. The molecule has 1 aromatic heterocycles. The monoisotopic (exact) mass is 237 g/mol. The molecule has 2 N–H and O–H groups in total. The van der Waals surface area contributed by atoms with Crippen LogP contribution in [0.3, 0.4) is 0 Å². The standard InChI is InChI=1S/C12H19N3O2/c1-3-5-10(12(16)17)13-6-9-7-14-11(4-2)15-8-9/h7-8,10,13H,3-6H2,1-2H3,(H,16,17)/t10-/m1/s1. The van der Waals surface area contributed by atoms with Crippen molar-refractivity contribution >= 4 is 5.97 Å². The molecule has 0 bridgehead atoms. The molecule has 1 rings (SSSR count). The van der Waals surface area contributed by atoms with E-state index in [9.17, 15) is 4.79 Å². The van der Waals surface area contributed by atoms with Gasteiger partial charge < -0.3 is 10.4 Å². The van der Waals surface area contributed by atoms with Gasteiger partial charge in [0.1, 0.15) is 11.9 Å². The number of rotatable bonds is 7. The van der Waals surface area contributed by atoms with Crippen LogP contribution in [0.5, 0.6) is 0 Å². The van der Waals surface area contributed by atoms with Gasteiger partial charge in [0.25, 0.3) is 0 Å². The number of hydrogen-bond acceptors (Lipinski definition) is 4. The largest absolute Gasteiger partial charge is 0.480 e. The molecule has 0 aliphatic carbocycles. The van der Waals surface area contributed by atoms with Gasteiger partial charge >= 0.3 is 5.97 Å². The van der Waals surface area contributed by atoms with E-state index in [2.05, 4.69) is 15.3 Å². The Morgan fingerprint density at radius 1 is 1.41 bits per heavy atom. The van der Waals surface area contributed by atoms with Crippen LogP contribution in [0.25, 0.3) is 0 Å². The number of nitrogens with zero attached hydrogens (tertiary/aromatic N) is 2. The van der Waals surface area contributed by atoms with Crippen molar-refractivity contribution in [2.45, 2.75) is 45.7 Å². The van der Waals surface area contributed by atoms with Gasteiger partial charge in [0, 0.05) is 30.9 Å². The summed E-state index contributed by atoms with van der Waals surface area (Å²) in [5.74, 6) is -0.00459. The van der Waals surface area contributed by atoms with Crippen LogP contribution in [-0.2, 0) is 17.8 Å². The maximum Gasteiger partial charge on any atom is 0.320 e. The first-order valence-electron chi connectivity index (χ1n) is 5.93. The number of aryl methyl sites for hydroxylation is 1. The van der Waals surface area contributed by atoms with Crippen molar-refractivity contribution in [1.29, 1.82) is 0 Å². The molecule has 1 heterocycles. The zero-order chi connectivity index (χ0) is 12.7. The Kier molecular flexibility index (Phi) is 5.56. The van der Waals surface area contributed by atoms with Crippen LogP contribution in [0, 0.1) is 0 Å². The summed E-state index contributed by atoms with van der Waals surface area (Å²) in [5, 5.41) is 12.0. The molecule has 0 aromatic carbocycles. The lowest BCUT2D eigenvalue weighted by Crippen LogP contribution is -2.36. The summed E-state index contributed by atoms with van der Waals surface area (Å²) in [6.45, 7) is 4.45. The van der Waals surface area contributed by atoms with Crippen molar-refractivity contribution in [2.24, 2.45) is 0 Å². The Morgan fingerprint density at radius 3 is 2.53 bits per heavy atom. The molecule has 0 saturated carbocycles. The van der Waals surface area contributed by atoms with Crippen molar-refractivity contribution < 1.29 is 9.90 Å². The first kappa shape index (κ1) is 13.6. The second-order valence-electron chi connectivity index (χ2n) is 3.92. The van der Waals surface area contributed by atoms with Gasteiger partial charge in [0.05, 0.1) is 0 Å². The number of aromatic nitrogens is 2. The van der Waals surface area contributed by atoms with E-state index < -0.39 is 12.0 Å². The maximum atomic E-state index is 10.9. The highest BCUT2D eigenvalue weighted by molar-refractivity contribution is 5.73. The van der Waals surface area contributed by atoms with Gasteiger partial charge in [0.15, 0.2) is 0 Å². The molecule has 0 unspecified atom stereocenters. The summed E-state index contributed by atoms with van der Waals surface area (Å²) in [7, 11) is 0. The zero-order valence-corrected chi connectivity index (χ0v) is 10.3. The zero-order valence-electron chi connectivity index (χ0n) is 10.3. The molecule has 5 nitrogen and oxygen atoms in total. The van der Waals surface area contributed by atoms with Crippen molar-refractivity contribution in [1.82, 2.24) is 15.3 Å². The lowest BCUT2D eigenvalue weighted by Gasteiger charge is -2.13. The highest BCUT2D eigenvalue weighted by atomic mass is 16.4. The minimum absolute atomic E-state index is 0.487. The Balaban J connectivity index is 2.50. The summed E-state index contributed by atoms with van der Waals surface area (Å²) in [6, 6.07) is -0.495. The third-order valence-electron chi connectivity index (χ3n) is 2.50. The third-order valence-corrected chi connectivity index (χ3v) is 2.50. The summed E-state index contributed by atoms with van der Waals surface area (Å²) in [4.78, 5) is 19.3. The molecule has 94 valence electrons. The molecule has 0 amide bonds. The van der Waals surface area contributed by atoms with Crippen LogP contribution >= 0.6 is 0 Å². The van der Waals surface area contributed by atoms with Gasteiger partial charge in [0.2, 0.25) is 0 Å². The van der Waals surface area contributed by atoms with Gasteiger partial charge in [-0.25, -0.2) is 9.97 Å². The number of carboxylic acid groups (broad SMARTS) is 1. The lowest BCUT2D eigenvalue weighted by atomic mass is 10.1. The fourth-order valence-electron chi connectivity index (χ4n) is 1.50. The smallest absolute Gasteiger partial charge is 0.320 e. The van der Waals surface area contributed by atoms with E-state index in [0.717, 1.165) is 24.2 Å². The average molecular weight is 237 g/mol. The molecule has 0 radical (unpaired) electrons. The van der Waals surface area contributed by atoms with Gasteiger partial charge in [-0.15, -0.1) is 0 Å². The first-order chi connectivity index (χ1) is 8.17. The fourth-order valence-corrected chi connectivity index (χ4v) is 1.50. The lowest BCUT2D eigenvalue weighted by molar-refractivity contribution is -0.139. The van der Waals surface area contributed by atoms with Crippen LogP contribution in [-0.4, -0.2) is 27.1 Å². The Hall–Kier alpha value is -1.49. The second kappa shape index (κ2) is 6.96. The first-order valence-corrected chi connectivity index (χ1v) is 5.93. The number of nitrogens with one attached hydrogen (secondary N) is 1. The topological polar surface area (TPSA) is 75.1 Å². The number of hydrogen-bond donors (Lipinski definition) is 2. The van der Waals surface area contributed by atoms with Crippen LogP contribution in [0.2, 0.25) is 0 Å². The van der Waals surface area contributed by atoms with E-state index in [1.807, 2.05) is 13.8 Å². The summed E-state index contributed by atoms with van der Waals surface area (Å²) >= 11 is 0. The molecule has 5 heteroatoms. The van der Waals surface area contributed by atoms with E-state index in [-0.39, 0.29) is 0 Å². The molecular formula is C12H19N3O2. The number of carbonyl (C=O) groups is 1. The van der Waals surface area contributed by atoms with Gasteiger partial charge in [-0.3, -0.25) is 4.79 Å². The predicted molar refractivity (Wildman–Crippen MR) is 64.6 cm³/mol. The van der Waals surface area contributed by atoms with Crippen LogP contribution in [0.4, 0.5) is 0 Å². The fraction of sp³-hybridized carbons (Fsp3) is 0.583. The van der Waals surface area contributed by atoms with Gasteiger partial charge in [-0.05, 0) is 6.42 Å². The number of aliphatic carboxylic acids is 1. The van der Waals surface area contributed by atoms with Crippen LogP contribution in [0.15, 0.2) is 12.4 Å². The number of carboxylic acids is 1. The highest BCUT2D eigenvalue weighted by Gasteiger charge is 2.15. The Labute approximate surface area is 101 Å². The van der Waals surface area contributed by atoms with Crippen molar-refractivity contribution in [3.8, 4) is 0 Å². The summed E-state index contributed by atoms with van der Waals surface area (Å²) < 4.78 is 0. The molecular weight excluding hydrogens is 218 g/mol. The van der Waals surface area contributed by atoms with E-state index in [1.165, 1.54) is 0 Å². The van der Waals surface area contributed by atoms with Crippen molar-refractivity contribution in [2.75, 3.05) is 0 Å². The molecule has 0 aliphatic rings. The molecule has 17 heavy (non-hydrogen) atoms. The predicted octanol–water partition coefficient (Wildman–Crippen LogP) is 1.38. The van der Waals surface area contributed by atoms with E-state index in [4.69, 9.17) is 5.11 Å². The van der Waals surface area contributed by atoms with Gasteiger partial charge in [-0.1, -0.05) is 20.3 Å². The van der Waals surface area contributed by atoms with Crippen molar-refractivity contribution in [3.63, 3.8) is 0 Å². The van der Waals surface area contributed by atoms with E-state index >= 15 is 0 Å². The van der Waals surface area contributed by atoms with Crippen molar-refractivity contribution in [3.05, 3.63) is 23.8 Å². The van der Waals surface area contributed by atoms with Gasteiger partial charge in [-0.2, -0.15) is 0 Å². The average Bonchev–Trinajstić information content (AvgIpc) is 2.34. The maximum absolute atomic E-state index is 10.9. The quantitative estimate of drug-likeness (QED) is 0.749. The molecule has 1 aromatic rings. The minimum atomic E-state index is -0.807. The summed E-state index contributed by atoms with van der Waals surface area (Å²) in [5.41, 5.74) is 0.907. The normalized spacial score (nSPS) is 12.4. The highest BCUT2D eigenvalue weighted by Crippen LogP contribution is 2.01. The SMILES string of the molecule is CCC[C@@H](NCc1cnc(CC)nc1)C(=O)O. The molecule has 0 saturated heterocycles. The summed E-state index contributed by atoms with van der Waals surface area (Å²) in [6.07, 6.45) is 5.76. The van der Waals surface area contributed by atoms with E-state index in [0.29, 0.717) is 13.0 Å². The second-order valence-corrected chi connectivity index (χ2v) is 3.92. The molecule has 0 fully saturated rings. The van der Waals surface area contributed by atoms with E-state index in [1.54, 1.807) is 12.4 Å². The minimum Gasteiger partial charge on any atom is -0.480 e. The van der Waals surface area contributed by atoms with Crippen LogP contribution in [0.1, 0.15) is 38.1 Å².